The van der Waals surface area contributed by atoms with E-state index in [1.54, 1.807) is 36.4 Å². The fourth-order valence-electron chi connectivity index (χ4n) is 2.47. The molecule has 1 atom stereocenters. The summed E-state index contributed by atoms with van der Waals surface area (Å²) < 4.78 is 30.9. The highest BCUT2D eigenvalue weighted by Crippen LogP contribution is 2.34. The van der Waals surface area contributed by atoms with Gasteiger partial charge in [-0.05, 0) is 31.2 Å². The minimum atomic E-state index is -3.53. The third-order valence-electron chi connectivity index (χ3n) is 3.57. The van der Waals surface area contributed by atoms with Crippen molar-refractivity contribution >= 4 is 27.4 Å². The average Bonchev–Trinajstić information content (AvgIpc) is 2.53. The highest BCUT2D eigenvalue weighted by molar-refractivity contribution is 7.92. The predicted octanol–water partition coefficient (Wildman–Crippen LogP) is 1.56. The molecule has 0 spiro atoms. The zero-order chi connectivity index (χ0) is 17.3. The van der Waals surface area contributed by atoms with Crippen molar-refractivity contribution in [1.29, 1.82) is 0 Å². The molecule has 7 nitrogen and oxygen atoms in total. The summed E-state index contributed by atoms with van der Waals surface area (Å²) in [5.74, 6) is 0.302. The molecule has 1 aromatic carbocycles. The number of anilines is 2. The number of fused-ring (bicyclic) bond motifs is 1. The predicted molar refractivity (Wildman–Crippen MR) is 90.7 cm³/mol. The van der Waals surface area contributed by atoms with Crippen LogP contribution in [0.3, 0.4) is 0 Å². The maximum absolute atomic E-state index is 12.5. The molecule has 2 aromatic rings. The number of aryl methyl sites for hydroxylation is 1. The lowest BCUT2D eigenvalue weighted by atomic mass is 10.2. The standard InChI is InChI=1S/C16H17N3O4S/c1-11-6-5-9-15(17-11)18-16(20)14-10-19(24(2,21)22)12-7-3-4-8-13(12)23-14/h3-9,14H,10H2,1-2H3,(H,17,18,20)/t14-/m0/s1. The van der Waals surface area contributed by atoms with Gasteiger partial charge in [-0.2, -0.15) is 0 Å². The Hall–Kier alpha value is -2.61. The Bertz CT molecular complexity index is 882. The van der Waals surface area contributed by atoms with E-state index in [0.717, 1.165) is 11.9 Å². The molecule has 0 saturated heterocycles. The number of rotatable bonds is 3. The monoisotopic (exact) mass is 347 g/mol. The molecule has 2 heterocycles. The number of hydrogen-bond donors (Lipinski definition) is 1. The van der Waals surface area contributed by atoms with Crippen LogP contribution in [0.1, 0.15) is 5.69 Å². The molecule has 126 valence electrons. The third-order valence-corrected chi connectivity index (χ3v) is 4.71. The summed E-state index contributed by atoms with van der Waals surface area (Å²) >= 11 is 0. The Morgan fingerprint density at radius 3 is 2.71 bits per heavy atom. The summed E-state index contributed by atoms with van der Waals surface area (Å²) in [6, 6.07) is 12.0. The molecule has 8 heteroatoms. The lowest BCUT2D eigenvalue weighted by Gasteiger charge is -2.33. The van der Waals surface area contributed by atoms with Gasteiger partial charge in [-0.1, -0.05) is 18.2 Å². The molecule has 24 heavy (non-hydrogen) atoms. The van der Waals surface area contributed by atoms with Gasteiger partial charge in [0.25, 0.3) is 5.91 Å². The van der Waals surface area contributed by atoms with Crippen LogP contribution in [-0.4, -0.2) is 38.2 Å². The second-order valence-corrected chi connectivity index (χ2v) is 7.43. The lowest BCUT2D eigenvalue weighted by molar-refractivity contribution is -0.122. The molecule has 1 N–H and O–H groups in total. The van der Waals surface area contributed by atoms with Crippen molar-refractivity contribution in [2.24, 2.45) is 0 Å². The van der Waals surface area contributed by atoms with Gasteiger partial charge >= 0.3 is 0 Å². The number of nitrogens with one attached hydrogen (secondary N) is 1. The van der Waals surface area contributed by atoms with Crippen molar-refractivity contribution in [1.82, 2.24) is 4.98 Å². The van der Waals surface area contributed by atoms with Crippen LogP contribution in [0.5, 0.6) is 5.75 Å². The number of carbonyl (C=O) groups excluding carboxylic acids is 1. The molecular weight excluding hydrogens is 330 g/mol. The van der Waals surface area contributed by atoms with Crippen LogP contribution in [0.25, 0.3) is 0 Å². The van der Waals surface area contributed by atoms with Gasteiger partial charge in [-0.25, -0.2) is 13.4 Å². The zero-order valence-corrected chi connectivity index (χ0v) is 14.1. The number of benzene rings is 1. The van der Waals surface area contributed by atoms with Crippen LogP contribution in [0.2, 0.25) is 0 Å². The molecule has 0 bridgehead atoms. The van der Waals surface area contributed by atoms with Gasteiger partial charge in [0.2, 0.25) is 10.0 Å². The number of aromatic nitrogens is 1. The van der Waals surface area contributed by atoms with Crippen molar-refractivity contribution in [3.05, 3.63) is 48.2 Å². The second kappa shape index (κ2) is 6.12. The average molecular weight is 347 g/mol. The molecule has 0 fully saturated rings. The number of nitrogens with zero attached hydrogens (tertiary/aromatic N) is 2. The Kier molecular flexibility index (Phi) is 4.15. The van der Waals surface area contributed by atoms with E-state index in [0.29, 0.717) is 17.3 Å². The number of pyridine rings is 1. The van der Waals surface area contributed by atoms with E-state index in [1.807, 2.05) is 13.0 Å². The SMILES string of the molecule is Cc1cccc(NC(=O)[C@@H]2CN(S(C)(=O)=O)c3ccccc3O2)n1. The van der Waals surface area contributed by atoms with Gasteiger partial charge in [0.05, 0.1) is 18.5 Å². The van der Waals surface area contributed by atoms with E-state index in [4.69, 9.17) is 4.74 Å². The Labute approximate surface area is 140 Å². The topological polar surface area (TPSA) is 88.6 Å². The number of para-hydroxylation sites is 2. The molecule has 0 saturated carbocycles. The van der Waals surface area contributed by atoms with E-state index >= 15 is 0 Å². The van der Waals surface area contributed by atoms with Gasteiger partial charge in [-0.15, -0.1) is 0 Å². The number of ether oxygens (including phenoxy) is 1. The summed E-state index contributed by atoms with van der Waals surface area (Å²) in [7, 11) is -3.53. The normalized spacial score (nSPS) is 16.9. The van der Waals surface area contributed by atoms with Gasteiger partial charge in [0.15, 0.2) is 6.10 Å². The highest BCUT2D eigenvalue weighted by Gasteiger charge is 2.34. The number of hydrogen-bond acceptors (Lipinski definition) is 5. The van der Waals surface area contributed by atoms with E-state index in [2.05, 4.69) is 10.3 Å². The summed E-state index contributed by atoms with van der Waals surface area (Å²) in [6.45, 7) is 1.72. The van der Waals surface area contributed by atoms with Crippen LogP contribution in [0, 0.1) is 6.92 Å². The Morgan fingerprint density at radius 1 is 1.25 bits per heavy atom. The van der Waals surface area contributed by atoms with Crippen LogP contribution in [-0.2, 0) is 14.8 Å². The third kappa shape index (κ3) is 3.33. The van der Waals surface area contributed by atoms with Crippen molar-refractivity contribution in [3.8, 4) is 5.75 Å². The first-order valence-electron chi connectivity index (χ1n) is 7.32. The van der Waals surface area contributed by atoms with Crippen LogP contribution < -0.4 is 14.4 Å². The maximum Gasteiger partial charge on any atom is 0.268 e. The number of carbonyl (C=O) groups is 1. The first-order chi connectivity index (χ1) is 11.3. The molecule has 1 aliphatic rings. The molecule has 1 amide bonds. The first kappa shape index (κ1) is 16.3. The first-order valence-corrected chi connectivity index (χ1v) is 9.17. The van der Waals surface area contributed by atoms with E-state index in [1.165, 1.54) is 4.31 Å². The Morgan fingerprint density at radius 2 is 2.00 bits per heavy atom. The molecular formula is C16H17N3O4S. The van der Waals surface area contributed by atoms with Gasteiger partial charge in [0.1, 0.15) is 11.6 Å². The minimum absolute atomic E-state index is 0.0898. The molecule has 0 radical (unpaired) electrons. The fraction of sp³-hybridized carbons (Fsp3) is 0.250. The van der Waals surface area contributed by atoms with Gasteiger partial charge in [-0.3, -0.25) is 9.10 Å². The molecule has 0 unspecified atom stereocenters. The van der Waals surface area contributed by atoms with E-state index < -0.39 is 22.0 Å². The smallest absolute Gasteiger partial charge is 0.268 e. The summed E-state index contributed by atoms with van der Waals surface area (Å²) in [6.07, 6.45) is 0.142. The number of amides is 1. The van der Waals surface area contributed by atoms with Crippen LogP contribution in [0.15, 0.2) is 42.5 Å². The summed E-state index contributed by atoms with van der Waals surface area (Å²) in [5.41, 5.74) is 1.19. The number of sulfonamides is 1. The molecule has 3 rings (SSSR count). The second-order valence-electron chi connectivity index (χ2n) is 5.52. The van der Waals surface area contributed by atoms with Crippen molar-refractivity contribution in [2.45, 2.75) is 13.0 Å². The van der Waals surface area contributed by atoms with Crippen molar-refractivity contribution in [2.75, 3.05) is 22.4 Å². The fourth-order valence-corrected chi connectivity index (χ4v) is 3.39. The Balaban J connectivity index is 1.86. The van der Waals surface area contributed by atoms with E-state index in [9.17, 15) is 13.2 Å². The summed E-state index contributed by atoms with van der Waals surface area (Å²) in [5, 5.41) is 2.66. The molecule has 1 aromatic heterocycles. The maximum atomic E-state index is 12.5. The van der Waals surface area contributed by atoms with Crippen LogP contribution in [0.4, 0.5) is 11.5 Å². The quantitative estimate of drug-likeness (QED) is 0.910. The minimum Gasteiger partial charge on any atom is -0.476 e. The highest BCUT2D eigenvalue weighted by atomic mass is 32.2. The van der Waals surface area contributed by atoms with Crippen molar-refractivity contribution < 1.29 is 17.9 Å². The van der Waals surface area contributed by atoms with Gasteiger partial charge in [0, 0.05) is 5.69 Å². The molecule has 1 aliphatic heterocycles. The van der Waals surface area contributed by atoms with E-state index in [-0.39, 0.29) is 6.54 Å². The largest absolute Gasteiger partial charge is 0.476 e. The van der Waals surface area contributed by atoms with Crippen LogP contribution >= 0.6 is 0 Å². The summed E-state index contributed by atoms with van der Waals surface area (Å²) in [4.78, 5) is 16.7. The lowest BCUT2D eigenvalue weighted by Crippen LogP contribution is -2.48. The molecule has 0 aliphatic carbocycles. The van der Waals surface area contributed by atoms with Gasteiger partial charge < -0.3 is 10.1 Å². The zero-order valence-electron chi connectivity index (χ0n) is 13.3. The van der Waals surface area contributed by atoms with Crippen molar-refractivity contribution in [3.63, 3.8) is 0 Å².